The zero-order valence-corrected chi connectivity index (χ0v) is 12.9. The van der Waals surface area contributed by atoms with Crippen molar-refractivity contribution in [2.24, 2.45) is 5.73 Å². The van der Waals surface area contributed by atoms with E-state index in [2.05, 4.69) is 37.9 Å². The van der Waals surface area contributed by atoms with Crippen LogP contribution in [0, 0.1) is 0 Å². The van der Waals surface area contributed by atoms with Crippen LogP contribution in [0.5, 0.6) is 5.75 Å². The first-order chi connectivity index (χ1) is 8.19. The summed E-state index contributed by atoms with van der Waals surface area (Å²) in [4.78, 5) is 1.19. The van der Waals surface area contributed by atoms with E-state index < -0.39 is 0 Å². The third-order valence-electron chi connectivity index (χ3n) is 2.24. The predicted octanol–water partition coefficient (Wildman–Crippen LogP) is 4.31. The molecule has 0 aliphatic rings. The quantitative estimate of drug-likeness (QED) is 0.862. The van der Waals surface area contributed by atoms with Crippen molar-refractivity contribution in [2.75, 3.05) is 0 Å². The number of rotatable bonds is 4. The molecule has 2 N–H and O–H groups in total. The van der Waals surface area contributed by atoms with Gasteiger partial charge in [-0.1, -0.05) is 15.9 Å². The van der Waals surface area contributed by atoms with Crippen LogP contribution in [0.3, 0.4) is 0 Å². The van der Waals surface area contributed by atoms with Crippen LogP contribution in [0.2, 0.25) is 0 Å². The molecule has 1 aromatic heterocycles. The molecule has 0 saturated carbocycles. The van der Waals surface area contributed by atoms with Crippen molar-refractivity contribution in [2.45, 2.75) is 13.2 Å². The molecule has 90 valence electrons. The first kappa shape index (κ1) is 13.1. The predicted molar refractivity (Wildman–Crippen MR) is 78.4 cm³/mol. The summed E-state index contributed by atoms with van der Waals surface area (Å²) in [5.41, 5.74) is 6.69. The van der Waals surface area contributed by atoms with E-state index in [1.165, 1.54) is 4.88 Å². The number of hydrogen-bond donors (Lipinski definition) is 1. The molecule has 0 aliphatic carbocycles. The summed E-state index contributed by atoms with van der Waals surface area (Å²) in [6.45, 7) is 1.09. The highest BCUT2D eigenvalue weighted by atomic mass is 79.9. The van der Waals surface area contributed by atoms with E-state index in [1.807, 2.05) is 23.6 Å². The van der Waals surface area contributed by atoms with E-state index in [-0.39, 0.29) is 0 Å². The van der Waals surface area contributed by atoms with Crippen LogP contribution in [-0.4, -0.2) is 0 Å². The second-order valence-corrected chi connectivity index (χ2v) is 6.24. The van der Waals surface area contributed by atoms with E-state index in [9.17, 15) is 0 Å². The van der Waals surface area contributed by atoms with Gasteiger partial charge in [-0.05, 0) is 45.8 Å². The molecule has 0 radical (unpaired) electrons. The number of benzene rings is 1. The highest BCUT2D eigenvalue weighted by molar-refractivity contribution is 9.10. The second kappa shape index (κ2) is 6.00. The Bertz CT molecular complexity index is 513. The van der Waals surface area contributed by atoms with Crippen molar-refractivity contribution in [1.29, 1.82) is 0 Å². The third-order valence-corrected chi connectivity index (χ3v) is 4.68. The molecule has 0 bridgehead atoms. The summed E-state index contributed by atoms with van der Waals surface area (Å²) in [5, 5.41) is 2.05. The van der Waals surface area contributed by atoms with Gasteiger partial charge in [0, 0.05) is 25.7 Å². The van der Waals surface area contributed by atoms with Crippen molar-refractivity contribution >= 4 is 43.2 Å². The van der Waals surface area contributed by atoms with E-state index in [4.69, 9.17) is 10.5 Å². The van der Waals surface area contributed by atoms with Gasteiger partial charge >= 0.3 is 0 Å². The van der Waals surface area contributed by atoms with Crippen LogP contribution in [0.25, 0.3) is 0 Å². The molecule has 5 heteroatoms. The number of halogens is 2. The highest BCUT2D eigenvalue weighted by Crippen LogP contribution is 2.25. The van der Waals surface area contributed by atoms with E-state index in [1.54, 1.807) is 11.3 Å². The van der Waals surface area contributed by atoms with Crippen LogP contribution in [-0.2, 0) is 13.2 Å². The normalized spacial score (nSPS) is 10.5. The smallest absolute Gasteiger partial charge is 0.122 e. The molecule has 0 spiro atoms. The summed E-state index contributed by atoms with van der Waals surface area (Å²) >= 11 is 8.55. The maximum absolute atomic E-state index is 5.72. The molecule has 0 atom stereocenters. The van der Waals surface area contributed by atoms with Gasteiger partial charge in [-0.15, -0.1) is 11.3 Å². The fourth-order valence-corrected chi connectivity index (χ4v) is 3.15. The summed E-state index contributed by atoms with van der Waals surface area (Å²) in [6.07, 6.45) is 0. The maximum atomic E-state index is 5.72. The Morgan fingerprint density at radius 1 is 1.24 bits per heavy atom. The number of ether oxygens (including phenoxy) is 1. The Hall–Kier alpha value is -0.360. The molecule has 0 unspecified atom stereocenters. The number of nitrogens with two attached hydrogens (primary N) is 1. The first-order valence-electron chi connectivity index (χ1n) is 5.03. The molecule has 0 saturated heterocycles. The van der Waals surface area contributed by atoms with Crippen molar-refractivity contribution in [3.8, 4) is 5.75 Å². The SMILES string of the molecule is NCc1cc(OCc2cc(Br)cs2)ccc1Br. The summed E-state index contributed by atoms with van der Waals surface area (Å²) in [5.74, 6) is 0.846. The molecular weight excluding hydrogens is 366 g/mol. The van der Waals surface area contributed by atoms with E-state index in [0.29, 0.717) is 13.2 Å². The molecule has 17 heavy (non-hydrogen) atoms. The van der Waals surface area contributed by atoms with E-state index >= 15 is 0 Å². The second-order valence-electron chi connectivity index (χ2n) is 3.48. The van der Waals surface area contributed by atoms with E-state index in [0.717, 1.165) is 20.3 Å². The largest absolute Gasteiger partial charge is 0.488 e. The van der Waals surface area contributed by atoms with Crippen molar-refractivity contribution in [3.05, 3.63) is 49.0 Å². The number of hydrogen-bond acceptors (Lipinski definition) is 3. The molecule has 0 aliphatic heterocycles. The average Bonchev–Trinajstić information content (AvgIpc) is 2.74. The van der Waals surface area contributed by atoms with Gasteiger partial charge in [0.05, 0.1) is 0 Å². The van der Waals surface area contributed by atoms with Gasteiger partial charge in [0.25, 0.3) is 0 Å². The van der Waals surface area contributed by atoms with Crippen LogP contribution >= 0.6 is 43.2 Å². The summed E-state index contributed by atoms with van der Waals surface area (Å²) in [6, 6.07) is 7.92. The van der Waals surface area contributed by atoms with Gasteiger partial charge in [0.15, 0.2) is 0 Å². The standard InChI is InChI=1S/C12H11Br2NOS/c13-9-4-11(17-7-9)6-16-10-1-2-12(14)8(3-10)5-15/h1-4,7H,5-6,15H2. The topological polar surface area (TPSA) is 35.2 Å². The van der Waals surface area contributed by atoms with Gasteiger partial charge in [0.2, 0.25) is 0 Å². The van der Waals surface area contributed by atoms with Crippen LogP contribution in [0.4, 0.5) is 0 Å². The summed E-state index contributed by atoms with van der Waals surface area (Å²) in [7, 11) is 0. The van der Waals surface area contributed by atoms with Gasteiger partial charge in [-0.2, -0.15) is 0 Å². The lowest BCUT2D eigenvalue weighted by atomic mass is 10.2. The fraction of sp³-hybridized carbons (Fsp3) is 0.167. The lowest BCUT2D eigenvalue weighted by Gasteiger charge is -2.07. The van der Waals surface area contributed by atoms with Crippen molar-refractivity contribution < 1.29 is 4.74 Å². The highest BCUT2D eigenvalue weighted by Gasteiger charge is 2.02. The van der Waals surface area contributed by atoms with Crippen LogP contribution in [0.15, 0.2) is 38.6 Å². The first-order valence-corrected chi connectivity index (χ1v) is 7.50. The molecule has 1 heterocycles. The molecule has 2 rings (SSSR count). The third kappa shape index (κ3) is 3.55. The van der Waals surface area contributed by atoms with Crippen LogP contribution < -0.4 is 10.5 Å². The monoisotopic (exact) mass is 375 g/mol. The Kier molecular flexibility index (Phi) is 4.62. The zero-order valence-electron chi connectivity index (χ0n) is 8.95. The van der Waals surface area contributed by atoms with Gasteiger partial charge in [0.1, 0.15) is 12.4 Å². The maximum Gasteiger partial charge on any atom is 0.122 e. The Balaban J connectivity index is 2.04. The molecule has 1 aromatic carbocycles. The minimum absolute atomic E-state index is 0.502. The molecule has 0 fully saturated rings. The fourth-order valence-electron chi connectivity index (χ4n) is 1.38. The Morgan fingerprint density at radius 3 is 2.71 bits per heavy atom. The van der Waals surface area contributed by atoms with Crippen LogP contribution in [0.1, 0.15) is 10.4 Å². The summed E-state index contributed by atoms with van der Waals surface area (Å²) < 4.78 is 7.83. The lowest BCUT2D eigenvalue weighted by Crippen LogP contribution is -1.99. The van der Waals surface area contributed by atoms with Gasteiger partial charge in [-0.3, -0.25) is 0 Å². The van der Waals surface area contributed by atoms with Crippen molar-refractivity contribution in [3.63, 3.8) is 0 Å². The molecule has 2 nitrogen and oxygen atoms in total. The van der Waals surface area contributed by atoms with Crippen molar-refractivity contribution in [1.82, 2.24) is 0 Å². The zero-order chi connectivity index (χ0) is 12.3. The molecular formula is C12H11Br2NOS. The minimum atomic E-state index is 0.502. The average molecular weight is 377 g/mol. The lowest BCUT2D eigenvalue weighted by molar-refractivity contribution is 0.309. The van der Waals surface area contributed by atoms with Gasteiger partial charge in [-0.25, -0.2) is 0 Å². The van der Waals surface area contributed by atoms with Gasteiger partial charge < -0.3 is 10.5 Å². The Morgan fingerprint density at radius 2 is 2.06 bits per heavy atom. The Labute approximate surface area is 121 Å². The molecule has 2 aromatic rings. The minimum Gasteiger partial charge on any atom is -0.488 e. The number of thiophene rings is 1. The molecule has 0 amide bonds.